The van der Waals surface area contributed by atoms with Gasteiger partial charge in [0.15, 0.2) is 0 Å². The number of nitrogens with zero attached hydrogens (tertiary/aromatic N) is 2. The Bertz CT molecular complexity index is 518. The van der Waals surface area contributed by atoms with Crippen LogP contribution in [0.3, 0.4) is 0 Å². The Morgan fingerprint density at radius 1 is 1.38 bits per heavy atom. The van der Waals surface area contributed by atoms with E-state index in [9.17, 15) is 0 Å². The smallest absolute Gasteiger partial charge is 0.119 e. The highest BCUT2D eigenvalue weighted by atomic mass is 16.5. The molecule has 1 saturated heterocycles. The van der Waals surface area contributed by atoms with Crippen LogP contribution in [0.25, 0.3) is 0 Å². The molecule has 1 atom stereocenters. The van der Waals surface area contributed by atoms with E-state index in [4.69, 9.17) is 10.00 Å². The highest BCUT2D eigenvalue weighted by Crippen LogP contribution is 2.18. The van der Waals surface area contributed by atoms with Gasteiger partial charge in [0.25, 0.3) is 0 Å². The van der Waals surface area contributed by atoms with E-state index in [1.54, 1.807) is 0 Å². The van der Waals surface area contributed by atoms with Crippen LogP contribution in [0.2, 0.25) is 0 Å². The summed E-state index contributed by atoms with van der Waals surface area (Å²) >= 11 is 0. The van der Waals surface area contributed by atoms with E-state index in [1.807, 2.05) is 12.1 Å². The second-order valence-corrected chi connectivity index (χ2v) is 6.96. The summed E-state index contributed by atoms with van der Waals surface area (Å²) in [5.74, 6) is 1.78. The first-order valence-electron chi connectivity index (χ1n) is 9.22. The van der Waals surface area contributed by atoms with Crippen LogP contribution in [0.5, 0.6) is 5.75 Å². The van der Waals surface area contributed by atoms with E-state index >= 15 is 0 Å². The summed E-state index contributed by atoms with van der Waals surface area (Å²) in [4.78, 5) is 2.60. The van der Waals surface area contributed by atoms with Gasteiger partial charge in [0.2, 0.25) is 0 Å². The van der Waals surface area contributed by atoms with Gasteiger partial charge in [-0.05, 0) is 62.9 Å². The second kappa shape index (κ2) is 10.3. The van der Waals surface area contributed by atoms with Crippen LogP contribution in [0, 0.1) is 17.2 Å². The summed E-state index contributed by atoms with van der Waals surface area (Å²) in [7, 11) is 0. The maximum absolute atomic E-state index is 8.54. The molecule has 4 heteroatoms. The predicted molar refractivity (Wildman–Crippen MR) is 97.9 cm³/mol. The standard InChI is InChI=1S/C20H31N3O/c1-17-8-11-23(12-9-17)18(2)15-22-16-19-6-5-7-20(14-19)24-13-4-3-10-21/h5-7,14,17-18,22H,3-4,8-9,11-13,15-16H2,1-2H3. The lowest BCUT2D eigenvalue weighted by molar-refractivity contribution is 0.144. The average Bonchev–Trinajstić information content (AvgIpc) is 2.60. The number of hydrogen-bond donors (Lipinski definition) is 1. The maximum Gasteiger partial charge on any atom is 0.119 e. The van der Waals surface area contributed by atoms with Crippen molar-refractivity contribution in [2.24, 2.45) is 5.92 Å². The number of likely N-dealkylation sites (tertiary alicyclic amines) is 1. The van der Waals surface area contributed by atoms with E-state index in [1.165, 1.54) is 31.5 Å². The number of benzene rings is 1. The maximum atomic E-state index is 8.54. The molecular weight excluding hydrogens is 298 g/mol. The van der Waals surface area contributed by atoms with Crippen molar-refractivity contribution in [1.29, 1.82) is 5.26 Å². The van der Waals surface area contributed by atoms with E-state index < -0.39 is 0 Å². The Labute approximate surface area is 146 Å². The van der Waals surface area contributed by atoms with Crippen molar-refractivity contribution in [3.63, 3.8) is 0 Å². The molecule has 0 aromatic heterocycles. The average molecular weight is 329 g/mol. The summed E-state index contributed by atoms with van der Waals surface area (Å²) < 4.78 is 5.69. The number of piperidine rings is 1. The van der Waals surface area contributed by atoms with Crippen molar-refractivity contribution < 1.29 is 4.74 Å². The SMILES string of the molecule is CC1CCN(C(C)CNCc2cccc(OCCCC#N)c2)CC1. The molecule has 1 fully saturated rings. The Morgan fingerprint density at radius 2 is 2.17 bits per heavy atom. The molecule has 0 saturated carbocycles. The normalized spacial score (nSPS) is 17.4. The van der Waals surface area contributed by atoms with Crippen LogP contribution >= 0.6 is 0 Å². The third-order valence-electron chi connectivity index (χ3n) is 4.81. The molecule has 1 aliphatic heterocycles. The summed E-state index contributed by atoms with van der Waals surface area (Å²) in [5, 5.41) is 12.1. The van der Waals surface area contributed by atoms with Gasteiger partial charge in [0.1, 0.15) is 5.75 Å². The number of hydrogen-bond acceptors (Lipinski definition) is 4. The zero-order valence-electron chi connectivity index (χ0n) is 15.1. The molecule has 1 aromatic rings. The van der Waals surface area contributed by atoms with E-state index in [-0.39, 0.29) is 0 Å². The van der Waals surface area contributed by atoms with Gasteiger partial charge < -0.3 is 10.1 Å². The topological polar surface area (TPSA) is 48.3 Å². The van der Waals surface area contributed by atoms with Crippen molar-refractivity contribution in [3.05, 3.63) is 29.8 Å². The molecule has 1 aromatic carbocycles. The molecule has 1 aliphatic rings. The summed E-state index contributed by atoms with van der Waals surface area (Å²) in [5.41, 5.74) is 1.24. The lowest BCUT2D eigenvalue weighted by Gasteiger charge is -2.35. The first-order valence-corrected chi connectivity index (χ1v) is 9.22. The van der Waals surface area contributed by atoms with Gasteiger partial charge in [-0.1, -0.05) is 19.1 Å². The molecule has 0 amide bonds. The molecule has 0 aliphatic carbocycles. The third-order valence-corrected chi connectivity index (χ3v) is 4.81. The molecule has 0 bridgehead atoms. The fraction of sp³-hybridized carbons (Fsp3) is 0.650. The molecule has 4 nitrogen and oxygen atoms in total. The van der Waals surface area contributed by atoms with Gasteiger partial charge in [0, 0.05) is 25.6 Å². The van der Waals surface area contributed by atoms with E-state index in [0.717, 1.165) is 31.2 Å². The first kappa shape index (κ1) is 18.8. The number of nitriles is 1. The minimum Gasteiger partial charge on any atom is -0.494 e. The predicted octanol–water partition coefficient (Wildman–Crippen LogP) is 3.58. The molecule has 1 unspecified atom stereocenters. The Hall–Kier alpha value is -1.57. The van der Waals surface area contributed by atoms with Crippen LogP contribution in [-0.4, -0.2) is 37.2 Å². The quantitative estimate of drug-likeness (QED) is 0.704. The largest absolute Gasteiger partial charge is 0.494 e. The molecule has 0 spiro atoms. The number of ether oxygens (including phenoxy) is 1. The molecule has 0 radical (unpaired) electrons. The van der Waals surface area contributed by atoms with Crippen LogP contribution < -0.4 is 10.1 Å². The zero-order valence-corrected chi connectivity index (χ0v) is 15.1. The van der Waals surface area contributed by atoms with Gasteiger partial charge in [0.05, 0.1) is 12.7 Å². The Kier molecular flexibility index (Phi) is 8.07. The molecular formula is C20H31N3O. The Balaban J connectivity index is 1.69. The summed E-state index contributed by atoms with van der Waals surface area (Å²) in [6.07, 6.45) is 3.99. The molecule has 2 rings (SSSR count). The van der Waals surface area contributed by atoms with Crippen molar-refractivity contribution >= 4 is 0 Å². The lowest BCUT2D eigenvalue weighted by Crippen LogP contribution is -2.44. The zero-order chi connectivity index (χ0) is 17.2. The monoisotopic (exact) mass is 329 g/mol. The van der Waals surface area contributed by atoms with Gasteiger partial charge >= 0.3 is 0 Å². The summed E-state index contributed by atoms with van der Waals surface area (Å²) in [6.45, 7) is 9.62. The fourth-order valence-corrected chi connectivity index (χ4v) is 3.11. The number of unbranched alkanes of at least 4 members (excludes halogenated alkanes) is 1. The summed E-state index contributed by atoms with van der Waals surface area (Å²) in [6, 6.07) is 11.0. The van der Waals surface area contributed by atoms with E-state index in [0.29, 0.717) is 19.1 Å². The molecule has 1 heterocycles. The van der Waals surface area contributed by atoms with Gasteiger partial charge in [-0.25, -0.2) is 0 Å². The van der Waals surface area contributed by atoms with Gasteiger partial charge in [-0.2, -0.15) is 5.26 Å². The molecule has 132 valence electrons. The highest BCUT2D eigenvalue weighted by Gasteiger charge is 2.19. The number of rotatable bonds is 9. The van der Waals surface area contributed by atoms with E-state index in [2.05, 4.69) is 42.3 Å². The molecule has 1 N–H and O–H groups in total. The van der Waals surface area contributed by atoms with Crippen molar-refractivity contribution in [2.75, 3.05) is 26.2 Å². The van der Waals surface area contributed by atoms with Crippen LogP contribution in [0.15, 0.2) is 24.3 Å². The fourth-order valence-electron chi connectivity index (χ4n) is 3.11. The second-order valence-electron chi connectivity index (χ2n) is 6.96. The highest BCUT2D eigenvalue weighted by molar-refractivity contribution is 5.28. The van der Waals surface area contributed by atoms with Crippen LogP contribution in [0.4, 0.5) is 0 Å². The molecule has 24 heavy (non-hydrogen) atoms. The van der Waals surface area contributed by atoms with Crippen molar-refractivity contribution in [2.45, 2.75) is 52.1 Å². The minimum absolute atomic E-state index is 0.550. The van der Waals surface area contributed by atoms with Crippen molar-refractivity contribution in [3.8, 4) is 11.8 Å². The minimum atomic E-state index is 0.550. The van der Waals surface area contributed by atoms with Gasteiger partial charge in [-0.3, -0.25) is 4.90 Å². The van der Waals surface area contributed by atoms with Crippen LogP contribution in [-0.2, 0) is 6.54 Å². The van der Waals surface area contributed by atoms with Crippen LogP contribution in [0.1, 0.15) is 45.1 Å². The van der Waals surface area contributed by atoms with Crippen molar-refractivity contribution in [1.82, 2.24) is 10.2 Å². The third kappa shape index (κ3) is 6.51. The first-order chi connectivity index (χ1) is 11.7. The Morgan fingerprint density at radius 3 is 2.92 bits per heavy atom. The lowest BCUT2D eigenvalue weighted by atomic mass is 9.98. The van der Waals surface area contributed by atoms with Gasteiger partial charge in [-0.15, -0.1) is 0 Å². The number of nitrogens with one attached hydrogen (secondary N) is 1.